The van der Waals surface area contributed by atoms with Crippen molar-refractivity contribution in [2.75, 3.05) is 6.61 Å². The first-order valence-electron chi connectivity index (χ1n) is 11.2. The van der Waals surface area contributed by atoms with Gasteiger partial charge in [0.15, 0.2) is 0 Å². The predicted octanol–water partition coefficient (Wildman–Crippen LogP) is 6.38. The minimum Gasteiger partial charge on any atom is -0.492 e. The van der Waals surface area contributed by atoms with Crippen LogP contribution in [0.25, 0.3) is 11.0 Å². The predicted molar refractivity (Wildman–Crippen MR) is 133 cm³/mol. The molecule has 0 radical (unpaired) electrons. The Morgan fingerprint density at radius 2 is 1.70 bits per heavy atom. The van der Waals surface area contributed by atoms with E-state index in [1.807, 2.05) is 43.3 Å². The van der Waals surface area contributed by atoms with Crippen LogP contribution in [0.5, 0.6) is 5.75 Å². The van der Waals surface area contributed by atoms with Crippen LogP contribution in [0, 0.1) is 0 Å². The fourth-order valence-electron chi connectivity index (χ4n) is 3.81. The Bertz CT molecular complexity index is 1230. The number of amides is 1. The number of nitrogens with zero attached hydrogens (tertiary/aromatic N) is 2. The van der Waals surface area contributed by atoms with E-state index in [-0.39, 0.29) is 11.9 Å². The smallest absolute Gasteiger partial charge is 0.251 e. The Hall–Kier alpha value is -3.31. The lowest BCUT2D eigenvalue weighted by Crippen LogP contribution is -2.29. The molecular formula is C27H28ClN3O2. The molecule has 0 saturated heterocycles. The molecule has 0 aliphatic carbocycles. The van der Waals surface area contributed by atoms with Crippen molar-refractivity contribution in [2.45, 2.75) is 39.3 Å². The molecule has 0 spiro atoms. The Morgan fingerprint density at radius 1 is 1.00 bits per heavy atom. The molecule has 1 atom stereocenters. The van der Waals surface area contributed by atoms with Gasteiger partial charge in [-0.25, -0.2) is 4.98 Å². The molecule has 1 amide bonds. The van der Waals surface area contributed by atoms with Gasteiger partial charge in [0.1, 0.15) is 18.2 Å². The molecule has 0 aliphatic rings. The van der Waals surface area contributed by atoms with Crippen molar-refractivity contribution in [2.24, 2.45) is 0 Å². The van der Waals surface area contributed by atoms with Crippen LogP contribution in [0.4, 0.5) is 0 Å². The van der Waals surface area contributed by atoms with Crippen LogP contribution >= 0.6 is 11.6 Å². The summed E-state index contributed by atoms with van der Waals surface area (Å²) < 4.78 is 8.13. The van der Waals surface area contributed by atoms with Crippen LogP contribution in [-0.4, -0.2) is 22.1 Å². The topological polar surface area (TPSA) is 56.1 Å². The van der Waals surface area contributed by atoms with Crippen LogP contribution < -0.4 is 10.1 Å². The minimum atomic E-state index is -0.286. The average molecular weight is 462 g/mol. The van der Waals surface area contributed by atoms with Crippen LogP contribution in [0.15, 0.2) is 72.8 Å². The Kier molecular flexibility index (Phi) is 6.99. The standard InChI is InChI=1S/C27H28ClN3O2/c1-18(2)20-10-14-23(15-11-20)33-17-16-31-25-7-5-4-6-24(25)30-26(31)19(3)29-27(32)21-8-12-22(28)13-9-21/h4-15,18-19H,16-17H2,1-3H3,(H,29,32). The highest BCUT2D eigenvalue weighted by Crippen LogP contribution is 2.22. The maximum Gasteiger partial charge on any atom is 0.251 e. The molecule has 0 saturated carbocycles. The third-order valence-corrected chi connectivity index (χ3v) is 5.91. The number of nitrogens with one attached hydrogen (secondary N) is 1. The Balaban J connectivity index is 1.50. The third-order valence-electron chi connectivity index (χ3n) is 5.66. The Morgan fingerprint density at radius 3 is 2.39 bits per heavy atom. The molecular weight excluding hydrogens is 434 g/mol. The summed E-state index contributed by atoms with van der Waals surface area (Å²) in [6.07, 6.45) is 0. The van der Waals surface area contributed by atoms with E-state index >= 15 is 0 Å². The highest BCUT2D eigenvalue weighted by molar-refractivity contribution is 6.30. The van der Waals surface area contributed by atoms with Gasteiger partial charge in [0.2, 0.25) is 0 Å². The molecule has 5 nitrogen and oxygen atoms in total. The van der Waals surface area contributed by atoms with Gasteiger partial charge in [0.25, 0.3) is 5.91 Å². The summed E-state index contributed by atoms with van der Waals surface area (Å²) >= 11 is 5.94. The SMILES string of the molecule is CC(C)c1ccc(OCCn2c(C(C)NC(=O)c3ccc(Cl)cc3)nc3ccccc32)cc1. The van der Waals surface area contributed by atoms with E-state index in [4.69, 9.17) is 21.3 Å². The van der Waals surface area contributed by atoms with Gasteiger partial charge < -0.3 is 14.6 Å². The second-order valence-electron chi connectivity index (χ2n) is 8.38. The van der Waals surface area contributed by atoms with Gasteiger partial charge in [-0.3, -0.25) is 4.79 Å². The summed E-state index contributed by atoms with van der Waals surface area (Å²) in [6.45, 7) is 7.40. The number of benzene rings is 3. The zero-order valence-electron chi connectivity index (χ0n) is 19.1. The molecule has 33 heavy (non-hydrogen) atoms. The molecule has 3 aromatic carbocycles. The first-order valence-corrected chi connectivity index (χ1v) is 11.5. The number of hydrogen-bond donors (Lipinski definition) is 1. The Labute approximate surface area is 199 Å². The number of ether oxygens (including phenoxy) is 1. The van der Waals surface area contributed by atoms with Gasteiger partial charge in [-0.15, -0.1) is 0 Å². The third kappa shape index (κ3) is 5.37. The van der Waals surface area contributed by atoms with E-state index < -0.39 is 0 Å². The highest BCUT2D eigenvalue weighted by atomic mass is 35.5. The van der Waals surface area contributed by atoms with Crippen molar-refractivity contribution in [1.82, 2.24) is 14.9 Å². The molecule has 0 fully saturated rings. The molecule has 4 aromatic rings. The average Bonchev–Trinajstić information content (AvgIpc) is 3.18. The molecule has 4 rings (SSSR count). The van der Waals surface area contributed by atoms with Crippen molar-refractivity contribution in [3.05, 3.63) is 94.8 Å². The van der Waals surface area contributed by atoms with Crippen molar-refractivity contribution in [3.63, 3.8) is 0 Å². The first-order chi connectivity index (χ1) is 15.9. The first kappa shape index (κ1) is 22.9. The zero-order valence-corrected chi connectivity index (χ0v) is 19.8. The molecule has 0 bridgehead atoms. The van der Waals surface area contributed by atoms with Crippen LogP contribution in [-0.2, 0) is 6.54 Å². The molecule has 1 unspecified atom stereocenters. The highest BCUT2D eigenvalue weighted by Gasteiger charge is 2.19. The second-order valence-corrected chi connectivity index (χ2v) is 8.82. The maximum absolute atomic E-state index is 12.7. The fraction of sp³-hybridized carbons (Fsp3) is 0.259. The number of imidazole rings is 1. The van der Waals surface area contributed by atoms with Gasteiger partial charge in [-0.2, -0.15) is 0 Å². The summed E-state index contributed by atoms with van der Waals surface area (Å²) in [5.41, 5.74) is 3.75. The largest absolute Gasteiger partial charge is 0.492 e. The van der Waals surface area contributed by atoms with Gasteiger partial charge in [0.05, 0.1) is 23.6 Å². The summed E-state index contributed by atoms with van der Waals surface area (Å²) in [5.74, 6) is 1.95. The summed E-state index contributed by atoms with van der Waals surface area (Å²) in [6, 6.07) is 22.8. The lowest BCUT2D eigenvalue weighted by atomic mass is 10.0. The van der Waals surface area contributed by atoms with E-state index in [1.165, 1.54) is 5.56 Å². The molecule has 1 heterocycles. The number of hydrogen-bond acceptors (Lipinski definition) is 3. The van der Waals surface area contributed by atoms with Crippen molar-refractivity contribution in [3.8, 4) is 5.75 Å². The van der Waals surface area contributed by atoms with Gasteiger partial charge in [-0.05, 0) is 66.9 Å². The number of halogens is 1. The number of aromatic nitrogens is 2. The van der Waals surface area contributed by atoms with Crippen molar-refractivity contribution in [1.29, 1.82) is 0 Å². The summed E-state index contributed by atoms with van der Waals surface area (Å²) in [4.78, 5) is 17.5. The fourth-order valence-corrected chi connectivity index (χ4v) is 3.94. The van der Waals surface area contributed by atoms with Crippen LogP contribution in [0.2, 0.25) is 5.02 Å². The van der Waals surface area contributed by atoms with E-state index in [1.54, 1.807) is 24.3 Å². The minimum absolute atomic E-state index is 0.167. The molecule has 170 valence electrons. The summed E-state index contributed by atoms with van der Waals surface area (Å²) in [7, 11) is 0. The van der Waals surface area contributed by atoms with Gasteiger partial charge in [0, 0.05) is 10.6 Å². The molecule has 0 aliphatic heterocycles. The number of para-hydroxylation sites is 2. The number of fused-ring (bicyclic) bond motifs is 1. The molecule has 1 aromatic heterocycles. The quantitative estimate of drug-likeness (QED) is 0.331. The summed E-state index contributed by atoms with van der Waals surface area (Å²) in [5, 5.41) is 3.65. The lowest BCUT2D eigenvalue weighted by molar-refractivity contribution is 0.0937. The van der Waals surface area contributed by atoms with Gasteiger partial charge in [-0.1, -0.05) is 49.7 Å². The van der Waals surface area contributed by atoms with E-state index in [2.05, 4.69) is 35.9 Å². The van der Waals surface area contributed by atoms with Gasteiger partial charge >= 0.3 is 0 Å². The molecule has 1 N–H and O–H groups in total. The van der Waals surface area contributed by atoms with E-state index in [0.29, 0.717) is 29.7 Å². The van der Waals surface area contributed by atoms with E-state index in [9.17, 15) is 4.79 Å². The van der Waals surface area contributed by atoms with Crippen molar-refractivity contribution < 1.29 is 9.53 Å². The number of carbonyl (C=O) groups excluding carboxylic acids is 1. The van der Waals surface area contributed by atoms with E-state index in [0.717, 1.165) is 22.6 Å². The van der Waals surface area contributed by atoms with Crippen LogP contribution in [0.3, 0.4) is 0 Å². The molecule has 6 heteroatoms. The van der Waals surface area contributed by atoms with Crippen LogP contribution in [0.1, 0.15) is 54.5 Å². The lowest BCUT2D eigenvalue weighted by Gasteiger charge is -2.17. The number of carbonyl (C=O) groups is 1. The zero-order chi connectivity index (χ0) is 23.4. The maximum atomic E-state index is 12.7. The monoisotopic (exact) mass is 461 g/mol. The number of rotatable bonds is 8. The van der Waals surface area contributed by atoms with Crippen molar-refractivity contribution >= 4 is 28.5 Å². The normalized spacial score (nSPS) is 12.2. The second kappa shape index (κ2) is 10.1.